The molecule has 0 fully saturated rings. The van der Waals surface area contributed by atoms with Crippen LogP contribution in [0.1, 0.15) is 12.6 Å². The summed E-state index contributed by atoms with van der Waals surface area (Å²) >= 11 is 1.77. The molecule has 0 saturated heterocycles. The maximum atomic E-state index is 8.61. The Kier molecular flexibility index (Phi) is 4.20. The van der Waals surface area contributed by atoms with Gasteiger partial charge >= 0.3 is 0 Å². The van der Waals surface area contributed by atoms with Crippen LogP contribution in [-0.2, 0) is 0 Å². The lowest BCUT2D eigenvalue weighted by Gasteiger charge is -2.08. The molecule has 1 aromatic heterocycles. The molecule has 0 radical (unpaired) electrons. The Bertz CT molecular complexity index is 334. The van der Waals surface area contributed by atoms with Gasteiger partial charge in [-0.1, -0.05) is 6.92 Å². The van der Waals surface area contributed by atoms with Crippen molar-refractivity contribution in [1.82, 2.24) is 9.97 Å². The molecule has 5 heteroatoms. The molecule has 1 unspecified atom stereocenters. The Balaban J connectivity index is 2.55. The molecule has 0 aliphatic carbocycles. The molecule has 1 rings (SSSR count). The van der Waals surface area contributed by atoms with Crippen LogP contribution in [0, 0.1) is 11.3 Å². The molecule has 0 amide bonds. The Morgan fingerprint density at radius 2 is 2.50 bits per heavy atom. The largest absolute Gasteiger partial charge is 0.353 e. The quantitative estimate of drug-likeness (QED) is 0.812. The maximum absolute atomic E-state index is 8.61. The second kappa shape index (κ2) is 5.45. The molecular weight excluding hydrogens is 196 g/mol. The van der Waals surface area contributed by atoms with Gasteiger partial charge in [0.2, 0.25) is 5.95 Å². The summed E-state index contributed by atoms with van der Waals surface area (Å²) in [6.07, 6.45) is 3.64. The second-order valence-corrected chi connectivity index (χ2v) is 4.08. The minimum Gasteiger partial charge on any atom is -0.353 e. The van der Waals surface area contributed by atoms with Crippen molar-refractivity contribution >= 4 is 17.7 Å². The van der Waals surface area contributed by atoms with E-state index in [9.17, 15) is 0 Å². The Labute approximate surface area is 87.8 Å². The molecule has 1 aromatic rings. The van der Waals surface area contributed by atoms with E-state index in [2.05, 4.69) is 28.5 Å². The van der Waals surface area contributed by atoms with Crippen molar-refractivity contribution in [2.24, 2.45) is 0 Å². The third-order valence-electron chi connectivity index (χ3n) is 1.72. The first-order valence-electron chi connectivity index (χ1n) is 4.26. The zero-order valence-electron chi connectivity index (χ0n) is 8.19. The van der Waals surface area contributed by atoms with Crippen molar-refractivity contribution in [3.8, 4) is 6.07 Å². The van der Waals surface area contributed by atoms with Gasteiger partial charge in [-0.3, -0.25) is 0 Å². The van der Waals surface area contributed by atoms with Gasteiger partial charge in [-0.15, -0.1) is 0 Å². The van der Waals surface area contributed by atoms with E-state index in [0.29, 0.717) is 16.9 Å². The fraction of sp³-hybridized carbons (Fsp3) is 0.444. The van der Waals surface area contributed by atoms with E-state index in [1.165, 1.54) is 0 Å². The highest BCUT2D eigenvalue weighted by molar-refractivity contribution is 7.99. The van der Waals surface area contributed by atoms with Crippen LogP contribution >= 0.6 is 11.8 Å². The monoisotopic (exact) mass is 208 g/mol. The van der Waals surface area contributed by atoms with Crippen LogP contribution in [0.5, 0.6) is 0 Å². The van der Waals surface area contributed by atoms with Crippen molar-refractivity contribution in [3.63, 3.8) is 0 Å². The van der Waals surface area contributed by atoms with Gasteiger partial charge < -0.3 is 5.32 Å². The number of anilines is 1. The van der Waals surface area contributed by atoms with Crippen LogP contribution in [0.15, 0.2) is 12.3 Å². The first kappa shape index (κ1) is 10.8. The van der Waals surface area contributed by atoms with Gasteiger partial charge in [0, 0.05) is 18.0 Å². The van der Waals surface area contributed by atoms with Gasteiger partial charge in [0.1, 0.15) is 11.8 Å². The average molecular weight is 208 g/mol. The van der Waals surface area contributed by atoms with E-state index in [1.54, 1.807) is 24.0 Å². The molecular formula is C9H12N4S. The predicted octanol–water partition coefficient (Wildman–Crippen LogP) is 1.51. The van der Waals surface area contributed by atoms with Crippen LogP contribution in [-0.4, -0.2) is 28.0 Å². The summed E-state index contributed by atoms with van der Waals surface area (Å²) in [5.41, 5.74) is 0.388. The molecule has 1 N–H and O–H groups in total. The fourth-order valence-electron chi connectivity index (χ4n) is 0.824. The van der Waals surface area contributed by atoms with Crippen LogP contribution in [0.4, 0.5) is 5.95 Å². The van der Waals surface area contributed by atoms with Crippen molar-refractivity contribution in [2.45, 2.75) is 12.2 Å². The summed E-state index contributed by atoms with van der Waals surface area (Å²) in [6, 6.07) is 3.56. The van der Waals surface area contributed by atoms with Gasteiger partial charge in [0.15, 0.2) is 0 Å². The lowest BCUT2D eigenvalue weighted by Crippen LogP contribution is -2.14. The number of hydrogen-bond acceptors (Lipinski definition) is 5. The van der Waals surface area contributed by atoms with Gasteiger partial charge in [-0.2, -0.15) is 17.0 Å². The number of hydrogen-bond donors (Lipinski definition) is 1. The summed E-state index contributed by atoms with van der Waals surface area (Å²) < 4.78 is 0. The standard InChI is InChI=1S/C9H12N4S/c1-7(14-2)6-12-9-11-4-3-8(5-10)13-9/h3-4,7H,6H2,1-2H3,(H,11,12,13). The van der Waals surface area contributed by atoms with Crippen molar-refractivity contribution in [2.75, 3.05) is 18.1 Å². The second-order valence-electron chi connectivity index (χ2n) is 2.80. The molecule has 1 heterocycles. The summed E-state index contributed by atoms with van der Waals surface area (Å²) in [7, 11) is 0. The maximum Gasteiger partial charge on any atom is 0.223 e. The molecule has 0 spiro atoms. The molecule has 1 atom stereocenters. The number of nitriles is 1. The van der Waals surface area contributed by atoms with E-state index < -0.39 is 0 Å². The zero-order valence-corrected chi connectivity index (χ0v) is 9.01. The summed E-state index contributed by atoms with van der Waals surface area (Å²) in [5, 5.41) is 12.2. The fourth-order valence-corrected chi connectivity index (χ4v) is 1.07. The third kappa shape index (κ3) is 3.23. The highest BCUT2D eigenvalue weighted by Crippen LogP contribution is 2.06. The Hall–Kier alpha value is -1.28. The molecule has 0 aliphatic rings. The van der Waals surface area contributed by atoms with Gasteiger partial charge in [-0.05, 0) is 12.3 Å². The van der Waals surface area contributed by atoms with E-state index in [-0.39, 0.29) is 0 Å². The minimum atomic E-state index is 0.388. The van der Waals surface area contributed by atoms with Crippen LogP contribution in [0.3, 0.4) is 0 Å². The molecule has 0 aromatic carbocycles. The van der Waals surface area contributed by atoms with Crippen molar-refractivity contribution < 1.29 is 0 Å². The number of thioether (sulfide) groups is 1. The van der Waals surface area contributed by atoms with Crippen molar-refractivity contribution in [1.29, 1.82) is 5.26 Å². The van der Waals surface area contributed by atoms with E-state index in [0.717, 1.165) is 6.54 Å². The molecule has 14 heavy (non-hydrogen) atoms. The van der Waals surface area contributed by atoms with Gasteiger partial charge in [0.25, 0.3) is 0 Å². The van der Waals surface area contributed by atoms with E-state index in [1.807, 2.05) is 6.07 Å². The topological polar surface area (TPSA) is 61.6 Å². The number of aromatic nitrogens is 2. The van der Waals surface area contributed by atoms with Gasteiger partial charge in [0.05, 0.1) is 0 Å². The normalized spacial score (nSPS) is 11.8. The van der Waals surface area contributed by atoms with Crippen LogP contribution in [0.2, 0.25) is 0 Å². The van der Waals surface area contributed by atoms with Crippen molar-refractivity contribution in [3.05, 3.63) is 18.0 Å². The lowest BCUT2D eigenvalue weighted by molar-refractivity contribution is 0.969. The lowest BCUT2D eigenvalue weighted by atomic mass is 10.4. The SMILES string of the molecule is CSC(C)CNc1nccc(C#N)n1. The Morgan fingerprint density at radius 3 is 3.14 bits per heavy atom. The molecule has 0 saturated carbocycles. The predicted molar refractivity (Wildman–Crippen MR) is 58.2 cm³/mol. The number of rotatable bonds is 4. The summed E-state index contributed by atoms with van der Waals surface area (Å²) in [5.74, 6) is 0.518. The Morgan fingerprint density at radius 1 is 1.71 bits per heavy atom. The first-order chi connectivity index (χ1) is 6.76. The highest BCUT2D eigenvalue weighted by Gasteiger charge is 2.01. The molecule has 74 valence electrons. The molecule has 4 nitrogen and oxygen atoms in total. The highest BCUT2D eigenvalue weighted by atomic mass is 32.2. The molecule has 0 bridgehead atoms. The van der Waals surface area contributed by atoms with Crippen LogP contribution < -0.4 is 5.32 Å². The first-order valence-corrected chi connectivity index (χ1v) is 5.55. The number of nitrogens with zero attached hydrogens (tertiary/aromatic N) is 3. The minimum absolute atomic E-state index is 0.388. The van der Waals surface area contributed by atoms with E-state index >= 15 is 0 Å². The zero-order chi connectivity index (χ0) is 10.4. The smallest absolute Gasteiger partial charge is 0.223 e. The molecule has 0 aliphatic heterocycles. The summed E-state index contributed by atoms with van der Waals surface area (Å²) in [6.45, 7) is 2.92. The third-order valence-corrected chi connectivity index (χ3v) is 2.69. The number of nitrogens with one attached hydrogen (secondary N) is 1. The average Bonchev–Trinajstić information content (AvgIpc) is 2.26. The van der Waals surface area contributed by atoms with E-state index in [4.69, 9.17) is 5.26 Å². The van der Waals surface area contributed by atoms with Crippen LogP contribution in [0.25, 0.3) is 0 Å². The summed E-state index contributed by atoms with van der Waals surface area (Å²) in [4.78, 5) is 8.02. The van der Waals surface area contributed by atoms with Gasteiger partial charge in [-0.25, -0.2) is 9.97 Å².